The fourth-order valence-corrected chi connectivity index (χ4v) is 1.60. The van der Waals surface area contributed by atoms with E-state index in [1.807, 2.05) is 0 Å². The number of rotatable bonds is 1. The van der Waals surface area contributed by atoms with Gasteiger partial charge in [0.15, 0.2) is 0 Å². The number of aliphatic hydroxyl groups is 5. The molecule has 1 fully saturated rings. The van der Waals surface area contributed by atoms with Gasteiger partial charge in [0.1, 0.15) is 12.2 Å². The van der Waals surface area contributed by atoms with E-state index in [1.165, 1.54) is 0 Å². The zero-order chi connectivity index (χ0) is 10.2. The van der Waals surface area contributed by atoms with Gasteiger partial charge in [0.25, 0.3) is 0 Å². The molecule has 6 nitrogen and oxygen atoms in total. The molecule has 7 N–H and O–H groups in total. The lowest BCUT2D eigenvalue weighted by molar-refractivity contribution is -0.171. The van der Waals surface area contributed by atoms with Crippen LogP contribution in [0.2, 0.25) is 0 Å². The van der Waals surface area contributed by atoms with Gasteiger partial charge in [-0.3, -0.25) is 0 Å². The van der Waals surface area contributed by atoms with Crippen LogP contribution in [-0.2, 0) is 0 Å². The van der Waals surface area contributed by atoms with Crippen molar-refractivity contribution in [1.82, 2.24) is 0 Å². The normalized spacial score (nSPS) is 52.2. The number of nitrogens with two attached hydrogens (primary N) is 1. The van der Waals surface area contributed by atoms with Gasteiger partial charge in [-0.05, 0) is 0 Å². The van der Waals surface area contributed by atoms with E-state index < -0.39 is 43.0 Å². The smallest absolute Gasteiger partial charge is 0.110 e. The maximum Gasteiger partial charge on any atom is 0.110 e. The van der Waals surface area contributed by atoms with E-state index in [9.17, 15) is 20.4 Å². The van der Waals surface area contributed by atoms with Gasteiger partial charge >= 0.3 is 0 Å². The average molecular weight is 193 g/mol. The molecule has 0 aromatic rings. The maximum atomic E-state index is 9.33. The Bertz CT molecular complexity index is 162. The highest BCUT2D eigenvalue weighted by molar-refractivity contribution is 4.99. The van der Waals surface area contributed by atoms with E-state index in [1.54, 1.807) is 0 Å². The van der Waals surface area contributed by atoms with Crippen molar-refractivity contribution < 1.29 is 25.5 Å². The van der Waals surface area contributed by atoms with Crippen molar-refractivity contribution in [3.8, 4) is 0 Å². The van der Waals surface area contributed by atoms with E-state index in [0.29, 0.717) is 0 Å². The molecular formula is C7H15NO5. The van der Waals surface area contributed by atoms with E-state index in [2.05, 4.69) is 0 Å². The average Bonchev–Trinajstić information content (AvgIpc) is 2.13. The summed E-state index contributed by atoms with van der Waals surface area (Å²) in [5.74, 6) is -0.812. The van der Waals surface area contributed by atoms with E-state index >= 15 is 0 Å². The van der Waals surface area contributed by atoms with Crippen LogP contribution in [-0.4, -0.2) is 62.6 Å². The Morgan fingerprint density at radius 1 is 0.846 bits per heavy atom. The second-order valence-electron chi connectivity index (χ2n) is 3.39. The molecule has 0 unspecified atom stereocenters. The molecule has 0 aliphatic heterocycles. The Kier molecular flexibility index (Phi) is 3.23. The van der Waals surface area contributed by atoms with Gasteiger partial charge < -0.3 is 31.3 Å². The van der Waals surface area contributed by atoms with E-state index in [4.69, 9.17) is 10.8 Å². The summed E-state index contributed by atoms with van der Waals surface area (Å²) in [5.41, 5.74) is 5.43. The molecule has 13 heavy (non-hydrogen) atoms. The number of hydrogen-bond acceptors (Lipinski definition) is 6. The van der Waals surface area contributed by atoms with Crippen LogP contribution in [0.5, 0.6) is 0 Å². The van der Waals surface area contributed by atoms with Crippen LogP contribution < -0.4 is 5.73 Å². The molecule has 0 radical (unpaired) electrons. The van der Waals surface area contributed by atoms with Crippen molar-refractivity contribution in [2.45, 2.75) is 30.5 Å². The van der Waals surface area contributed by atoms with E-state index in [0.717, 1.165) is 0 Å². The first kappa shape index (κ1) is 10.8. The highest BCUT2D eigenvalue weighted by atomic mass is 16.4. The highest BCUT2D eigenvalue weighted by Gasteiger charge is 2.46. The standard InChI is InChI=1S/C7H15NO5/c8-3-2(1-9)4(10)6(12)7(13)5(3)11/h2-7,9-13H,1,8H2/t2-,3-,4+,5+,6-,7-/m0/s1. The molecule has 1 aliphatic rings. The van der Waals surface area contributed by atoms with Gasteiger partial charge in [-0.2, -0.15) is 0 Å². The topological polar surface area (TPSA) is 127 Å². The minimum Gasteiger partial charge on any atom is -0.396 e. The highest BCUT2D eigenvalue weighted by Crippen LogP contribution is 2.24. The van der Waals surface area contributed by atoms with Crippen LogP contribution in [0.25, 0.3) is 0 Å². The summed E-state index contributed by atoms with van der Waals surface area (Å²) in [4.78, 5) is 0. The summed E-state index contributed by atoms with van der Waals surface area (Å²) in [6.07, 6.45) is -5.56. The minimum atomic E-state index is -1.47. The van der Waals surface area contributed by atoms with Crippen LogP contribution in [0.3, 0.4) is 0 Å². The van der Waals surface area contributed by atoms with Crippen molar-refractivity contribution in [2.75, 3.05) is 6.61 Å². The largest absolute Gasteiger partial charge is 0.396 e. The Morgan fingerprint density at radius 3 is 1.77 bits per heavy atom. The van der Waals surface area contributed by atoms with Crippen molar-refractivity contribution >= 4 is 0 Å². The summed E-state index contributed by atoms with van der Waals surface area (Å²) >= 11 is 0. The van der Waals surface area contributed by atoms with Gasteiger partial charge in [-0.25, -0.2) is 0 Å². The predicted octanol–water partition coefficient (Wildman–Crippen LogP) is -3.62. The van der Waals surface area contributed by atoms with Crippen LogP contribution in [0.4, 0.5) is 0 Å². The van der Waals surface area contributed by atoms with Crippen molar-refractivity contribution in [2.24, 2.45) is 11.7 Å². The summed E-state index contributed by atoms with van der Waals surface area (Å²) in [7, 11) is 0. The molecule has 0 saturated heterocycles. The Balaban J connectivity index is 2.79. The third-order valence-corrected chi connectivity index (χ3v) is 2.59. The summed E-state index contributed by atoms with van der Waals surface area (Å²) in [5, 5.41) is 45.8. The van der Waals surface area contributed by atoms with Gasteiger partial charge in [0.2, 0.25) is 0 Å². The summed E-state index contributed by atoms with van der Waals surface area (Å²) in [6.45, 7) is -0.441. The minimum absolute atomic E-state index is 0.441. The van der Waals surface area contributed by atoms with Crippen LogP contribution in [0.15, 0.2) is 0 Å². The fraction of sp³-hybridized carbons (Fsp3) is 1.00. The Hall–Kier alpha value is -0.240. The Morgan fingerprint density at radius 2 is 1.31 bits per heavy atom. The first-order valence-corrected chi connectivity index (χ1v) is 4.09. The second kappa shape index (κ2) is 3.87. The molecule has 0 spiro atoms. The van der Waals surface area contributed by atoms with Crippen molar-refractivity contribution in [1.29, 1.82) is 0 Å². The molecule has 6 atom stereocenters. The van der Waals surface area contributed by atoms with Crippen molar-refractivity contribution in [3.05, 3.63) is 0 Å². The third-order valence-electron chi connectivity index (χ3n) is 2.59. The van der Waals surface area contributed by atoms with Crippen LogP contribution in [0, 0.1) is 5.92 Å². The quantitative estimate of drug-likeness (QED) is 0.255. The molecular weight excluding hydrogens is 178 g/mol. The summed E-state index contributed by atoms with van der Waals surface area (Å²) in [6, 6.07) is -0.932. The first-order valence-electron chi connectivity index (χ1n) is 4.09. The molecule has 1 aliphatic carbocycles. The SMILES string of the molecule is N[C@@H]1[C@@H](O)[C@H](O)[C@@H](O)[C@H](O)[C@H]1CO. The monoisotopic (exact) mass is 193 g/mol. The molecule has 0 aromatic carbocycles. The fourth-order valence-electron chi connectivity index (χ4n) is 1.60. The lowest BCUT2D eigenvalue weighted by Crippen LogP contribution is -2.64. The zero-order valence-corrected chi connectivity index (χ0v) is 6.98. The van der Waals surface area contributed by atoms with Crippen molar-refractivity contribution in [3.63, 3.8) is 0 Å². The van der Waals surface area contributed by atoms with E-state index in [-0.39, 0.29) is 0 Å². The zero-order valence-electron chi connectivity index (χ0n) is 6.98. The summed E-state index contributed by atoms with van der Waals surface area (Å²) < 4.78 is 0. The van der Waals surface area contributed by atoms with Gasteiger partial charge in [-0.1, -0.05) is 0 Å². The van der Waals surface area contributed by atoms with Crippen LogP contribution >= 0.6 is 0 Å². The molecule has 6 heteroatoms. The molecule has 0 bridgehead atoms. The molecule has 1 saturated carbocycles. The van der Waals surface area contributed by atoms with Gasteiger partial charge in [0, 0.05) is 12.0 Å². The van der Waals surface area contributed by atoms with Gasteiger partial charge in [-0.15, -0.1) is 0 Å². The Labute approximate surface area is 75.2 Å². The lowest BCUT2D eigenvalue weighted by Gasteiger charge is -2.41. The lowest BCUT2D eigenvalue weighted by atomic mass is 9.78. The molecule has 78 valence electrons. The molecule has 0 aromatic heterocycles. The molecule has 1 rings (SSSR count). The van der Waals surface area contributed by atoms with Crippen LogP contribution in [0.1, 0.15) is 0 Å². The third kappa shape index (κ3) is 1.69. The molecule has 0 amide bonds. The first-order chi connectivity index (χ1) is 6.00. The number of aliphatic hydroxyl groups excluding tert-OH is 5. The predicted molar refractivity (Wildman–Crippen MR) is 42.6 cm³/mol. The molecule has 0 heterocycles. The maximum absolute atomic E-state index is 9.33. The second-order valence-corrected chi connectivity index (χ2v) is 3.39. The van der Waals surface area contributed by atoms with Gasteiger partial charge in [0.05, 0.1) is 18.8 Å². The number of hydrogen-bond donors (Lipinski definition) is 6.